The van der Waals surface area contributed by atoms with Gasteiger partial charge in [-0.1, -0.05) is 6.07 Å². The van der Waals surface area contributed by atoms with Crippen molar-refractivity contribution in [2.45, 2.75) is 12.8 Å². The zero-order valence-corrected chi connectivity index (χ0v) is 13.6. The molecule has 0 fully saturated rings. The van der Waals surface area contributed by atoms with E-state index in [4.69, 9.17) is 0 Å². The van der Waals surface area contributed by atoms with Crippen molar-refractivity contribution in [1.29, 1.82) is 0 Å². The van der Waals surface area contributed by atoms with Crippen molar-refractivity contribution < 1.29 is 9.59 Å². The van der Waals surface area contributed by atoms with Crippen molar-refractivity contribution >= 4 is 45.7 Å². The Labute approximate surface area is 136 Å². The van der Waals surface area contributed by atoms with Crippen LogP contribution in [0.25, 0.3) is 11.3 Å². The summed E-state index contributed by atoms with van der Waals surface area (Å²) in [5, 5.41) is 8.15. The molecule has 1 aromatic carbocycles. The zero-order chi connectivity index (χ0) is 15.5. The van der Waals surface area contributed by atoms with Gasteiger partial charge in [-0.3, -0.25) is 9.59 Å². The average molecular weight is 333 g/mol. The molecule has 0 bridgehead atoms. The molecule has 0 atom stereocenters. The summed E-state index contributed by atoms with van der Waals surface area (Å²) in [7, 11) is 0. The Morgan fingerprint density at radius 3 is 3.18 bits per heavy atom. The van der Waals surface area contributed by atoms with Crippen molar-refractivity contribution in [3.05, 3.63) is 29.1 Å². The van der Waals surface area contributed by atoms with E-state index in [2.05, 4.69) is 15.6 Å². The first kappa shape index (κ1) is 15.1. The molecule has 0 spiro atoms. The number of hydrogen-bond donors (Lipinski definition) is 2. The first-order chi connectivity index (χ1) is 10.7. The molecule has 2 aromatic rings. The molecule has 0 radical (unpaired) electrons. The Bertz CT molecular complexity index is 727. The van der Waals surface area contributed by atoms with Crippen LogP contribution in [0.15, 0.2) is 23.6 Å². The molecule has 22 heavy (non-hydrogen) atoms. The van der Waals surface area contributed by atoms with Crippen LogP contribution in [-0.4, -0.2) is 28.8 Å². The Morgan fingerprint density at radius 1 is 1.50 bits per heavy atom. The number of thiazole rings is 1. The van der Waals surface area contributed by atoms with Gasteiger partial charge in [0.1, 0.15) is 0 Å². The third-order valence-corrected chi connectivity index (χ3v) is 4.68. The number of thioether (sulfide) groups is 1. The molecule has 2 amide bonds. The number of amides is 2. The average Bonchev–Trinajstić information content (AvgIpc) is 3.09. The van der Waals surface area contributed by atoms with E-state index in [0.717, 1.165) is 28.3 Å². The molecule has 1 aromatic heterocycles. The minimum atomic E-state index is -0.0148. The van der Waals surface area contributed by atoms with E-state index in [-0.39, 0.29) is 11.8 Å². The van der Waals surface area contributed by atoms with Crippen LogP contribution >= 0.6 is 23.1 Å². The van der Waals surface area contributed by atoms with Crippen LogP contribution in [0.4, 0.5) is 10.8 Å². The van der Waals surface area contributed by atoms with Gasteiger partial charge in [0.15, 0.2) is 5.13 Å². The molecular weight excluding hydrogens is 318 g/mol. The molecule has 2 heterocycles. The predicted octanol–water partition coefficient (Wildman–Crippen LogP) is 3.00. The summed E-state index contributed by atoms with van der Waals surface area (Å²) in [6.45, 7) is 0. The zero-order valence-electron chi connectivity index (χ0n) is 12.0. The number of hydrogen-bond acceptors (Lipinski definition) is 5. The molecule has 2 N–H and O–H groups in total. The first-order valence-electron chi connectivity index (χ1n) is 6.83. The molecule has 0 saturated heterocycles. The molecule has 1 aliphatic heterocycles. The second-order valence-electron chi connectivity index (χ2n) is 4.93. The molecule has 0 unspecified atom stereocenters. The minimum absolute atomic E-state index is 0.0148. The summed E-state index contributed by atoms with van der Waals surface area (Å²) in [6.07, 6.45) is 2.87. The van der Waals surface area contributed by atoms with E-state index in [1.165, 1.54) is 11.3 Å². The number of nitrogens with zero attached hydrogens (tertiary/aromatic N) is 1. The van der Waals surface area contributed by atoms with Gasteiger partial charge in [0.2, 0.25) is 11.8 Å². The highest BCUT2D eigenvalue weighted by atomic mass is 32.2. The largest absolute Gasteiger partial charge is 0.326 e. The lowest BCUT2D eigenvalue weighted by atomic mass is 10.1. The Hall–Kier alpha value is -1.86. The van der Waals surface area contributed by atoms with Crippen LogP contribution in [0.2, 0.25) is 0 Å². The number of anilines is 2. The Morgan fingerprint density at radius 2 is 2.36 bits per heavy atom. The quantitative estimate of drug-likeness (QED) is 0.882. The smallest absolute Gasteiger partial charge is 0.228 e. The fourth-order valence-corrected chi connectivity index (χ4v) is 3.35. The topological polar surface area (TPSA) is 71.1 Å². The maximum Gasteiger partial charge on any atom is 0.228 e. The van der Waals surface area contributed by atoms with Gasteiger partial charge in [0.25, 0.3) is 0 Å². The lowest BCUT2D eigenvalue weighted by Gasteiger charge is -2.02. The van der Waals surface area contributed by atoms with Crippen LogP contribution in [0.5, 0.6) is 0 Å². The maximum absolute atomic E-state index is 11.7. The van der Waals surface area contributed by atoms with Crippen molar-refractivity contribution in [3.8, 4) is 11.3 Å². The van der Waals surface area contributed by atoms with Gasteiger partial charge in [-0.15, -0.1) is 11.3 Å². The highest BCUT2D eigenvalue weighted by molar-refractivity contribution is 7.98. The van der Waals surface area contributed by atoms with Crippen molar-refractivity contribution in [2.24, 2.45) is 0 Å². The fourth-order valence-electron chi connectivity index (χ4n) is 2.23. The molecule has 1 aliphatic rings. The molecule has 3 rings (SSSR count). The fraction of sp³-hybridized carbons (Fsp3) is 0.267. The van der Waals surface area contributed by atoms with E-state index in [0.29, 0.717) is 18.0 Å². The standard InChI is InChI=1S/C15H15N3O2S2/c1-21-5-4-13(19)18-15-17-12(8-22-15)9-2-3-11-10(6-9)7-14(20)16-11/h2-3,6,8H,4-5,7H2,1H3,(H,16,20)(H,17,18,19). The summed E-state index contributed by atoms with van der Waals surface area (Å²) < 4.78 is 0. The van der Waals surface area contributed by atoms with Gasteiger partial charge in [-0.05, 0) is 24.0 Å². The van der Waals surface area contributed by atoms with E-state index in [9.17, 15) is 9.59 Å². The lowest BCUT2D eigenvalue weighted by Crippen LogP contribution is -2.11. The summed E-state index contributed by atoms with van der Waals surface area (Å²) in [5.41, 5.74) is 3.62. The lowest BCUT2D eigenvalue weighted by molar-refractivity contribution is -0.116. The summed E-state index contributed by atoms with van der Waals surface area (Å²) >= 11 is 3.05. The molecular formula is C15H15N3O2S2. The summed E-state index contributed by atoms with van der Waals surface area (Å²) in [5.74, 6) is 0.807. The highest BCUT2D eigenvalue weighted by Gasteiger charge is 2.18. The summed E-state index contributed by atoms with van der Waals surface area (Å²) in [4.78, 5) is 27.5. The predicted molar refractivity (Wildman–Crippen MR) is 91.5 cm³/mol. The molecule has 5 nitrogen and oxygen atoms in total. The van der Waals surface area contributed by atoms with Crippen LogP contribution in [0, 0.1) is 0 Å². The van der Waals surface area contributed by atoms with E-state index < -0.39 is 0 Å². The Kier molecular flexibility index (Phi) is 4.44. The van der Waals surface area contributed by atoms with Gasteiger partial charge in [0.05, 0.1) is 12.1 Å². The summed E-state index contributed by atoms with van der Waals surface area (Å²) in [6, 6.07) is 5.80. The highest BCUT2D eigenvalue weighted by Crippen LogP contribution is 2.30. The SMILES string of the molecule is CSCCC(=O)Nc1nc(-c2ccc3c(c2)CC(=O)N3)cs1. The number of fused-ring (bicyclic) bond motifs is 1. The number of aromatic nitrogens is 1. The number of nitrogens with one attached hydrogen (secondary N) is 2. The van der Waals surface area contributed by atoms with Crippen LogP contribution in [0.3, 0.4) is 0 Å². The second-order valence-corrected chi connectivity index (χ2v) is 6.77. The second kappa shape index (κ2) is 6.50. The van der Waals surface area contributed by atoms with Crippen molar-refractivity contribution in [3.63, 3.8) is 0 Å². The first-order valence-corrected chi connectivity index (χ1v) is 9.10. The minimum Gasteiger partial charge on any atom is -0.326 e. The number of carbonyl (C=O) groups excluding carboxylic acids is 2. The van der Waals surface area contributed by atoms with Crippen LogP contribution in [-0.2, 0) is 16.0 Å². The van der Waals surface area contributed by atoms with Crippen molar-refractivity contribution in [2.75, 3.05) is 22.6 Å². The maximum atomic E-state index is 11.7. The van der Waals surface area contributed by atoms with E-state index >= 15 is 0 Å². The van der Waals surface area contributed by atoms with Crippen LogP contribution in [0.1, 0.15) is 12.0 Å². The van der Waals surface area contributed by atoms with Gasteiger partial charge in [-0.2, -0.15) is 11.8 Å². The van der Waals surface area contributed by atoms with Crippen molar-refractivity contribution in [1.82, 2.24) is 4.98 Å². The number of carbonyl (C=O) groups is 2. The monoisotopic (exact) mass is 333 g/mol. The normalized spacial score (nSPS) is 12.9. The van der Waals surface area contributed by atoms with Crippen LogP contribution < -0.4 is 10.6 Å². The van der Waals surface area contributed by atoms with Gasteiger partial charge in [-0.25, -0.2) is 4.98 Å². The van der Waals surface area contributed by atoms with E-state index in [1.54, 1.807) is 11.8 Å². The Balaban J connectivity index is 1.73. The van der Waals surface area contributed by atoms with Gasteiger partial charge in [0, 0.05) is 28.8 Å². The number of rotatable bonds is 5. The third kappa shape index (κ3) is 3.31. The van der Waals surface area contributed by atoms with Gasteiger partial charge < -0.3 is 10.6 Å². The molecule has 0 saturated carbocycles. The van der Waals surface area contributed by atoms with E-state index in [1.807, 2.05) is 29.8 Å². The molecule has 0 aliphatic carbocycles. The number of benzene rings is 1. The van der Waals surface area contributed by atoms with Gasteiger partial charge >= 0.3 is 0 Å². The molecule has 114 valence electrons. The molecule has 7 heteroatoms. The third-order valence-electron chi connectivity index (χ3n) is 3.31.